The minimum absolute atomic E-state index is 0.183. The van der Waals surface area contributed by atoms with Gasteiger partial charge in [0.2, 0.25) is 11.8 Å². The molecule has 2 aliphatic heterocycles. The van der Waals surface area contributed by atoms with Crippen molar-refractivity contribution in [3.63, 3.8) is 0 Å². The SMILES string of the molecule is CN1CC(CCC2CN(C)C(=O)C(C)(C)N2C)N(C)C(C)(C)C1=O. The minimum atomic E-state index is -0.456. The fourth-order valence-corrected chi connectivity index (χ4v) is 4.15. The summed E-state index contributed by atoms with van der Waals surface area (Å²) in [5, 5.41) is 0. The van der Waals surface area contributed by atoms with Gasteiger partial charge in [-0.15, -0.1) is 0 Å². The van der Waals surface area contributed by atoms with Crippen LogP contribution in [0.2, 0.25) is 0 Å². The predicted octanol–water partition coefficient (Wildman–Crippen LogP) is 0.869. The molecule has 0 saturated carbocycles. The number of likely N-dealkylation sites (N-methyl/N-ethyl adjacent to an activating group) is 4. The highest BCUT2D eigenvalue weighted by Crippen LogP contribution is 2.30. The molecule has 6 heteroatoms. The molecule has 0 bridgehead atoms. The van der Waals surface area contributed by atoms with Gasteiger partial charge in [0.05, 0.1) is 11.1 Å². The molecule has 0 aromatic heterocycles. The zero-order chi connectivity index (χ0) is 18.4. The Bertz CT molecular complexity index is 471. The normalized spacial score (nSPS) is 31.7. The Hall–Kier alpha value is -1.14. The van der Waals surface area contributed by atoms with Crippen LogP contribution in [0.3, 0.4) is 0 Å². The largest absolute Gasteiger partial charge is 0.343 e. The van der Waals surface area contributed by atoms with E-state index in [0.717, 1.165) is 25.9 Å². The topological polar surface area (TPSA) is 47.1 Å². The molecule has 2 amide bonds. The van der Waals surface area contributed by atoms with E-state index in [4.69, 9.17) is 0 Å². The number of hydrogen-bond acceptors (Lipinski definition) is 4. The quantitative estimate of drug-likeness (QED) is 0.766. The molecule has 0 radical (unpaired) electrons. The average molecular weight is 338 g/mol. The summed E-state index contributed by atoms with van der Waals surface area (Å²) in [6.45, 7) is 9.54. The monoisotopic (exact) mass is 338 g/mol. The number of hydrogen-bond donors (Lipinski definition) is 0. The molecular formula is C18H34N4O2. The first-order valence-electron chi connectivity index (χ1n) is 8.87. The van der Waals surface area contributed by atoms with Gasteiger partial charge >= 0.3 is 0 Å². The third kappa shape index (κ3) is 3.06. The number of rotatable bonds is 3. The highest BCUT2D eigenvalue weighted by Gasteiger charge is 2.45. The zero-order valence-corrected chi connectivity index (χ0v) is 16.6. The van der Waals surface area contributed by atoms with Gasteiger partial charge in [0.25, 0.3) is 0 Å². The smallest absolute Gasteiger partial charge is 0.242 e. The van der Waals surface area contributed by atoms with Crippen LogP contribution in [0.1, 0.15) is 40.5 Å². The fourth-order valence-electron chi connectivity index (χ4n) is 4.15. The predicted molar refractivity (Wildman–Crippen MR) is 95.8 cm³/mol. The van der Waals surface area contributed by atoms with E-state index < -0.39 is 11.1 Å². The second kappa shape index (κ2) is 6.30. The zero-order valence-electron chi connectivity index (χ0n) is 16.6. The van der Waals surface area contributed by atoms with Gasteiger partial charge in [0.15, 0.2) is 0 Å². The summed E-state index contributed by atoms with van der Waals surface area (Å²) in [7, 11) is 7.90. The molecule has 2 heterocycles. The molecule has 2 unspecified atom stereocenters. The molecule has 2 saturated heterocycles. The van der Waals surface area contributed by atoms with Crippen LogP contribution >= 0.6 is 0 Å². The molecule has 0 aliphatic carbocycles. The summed E-state index contributed by atoms with van der Waals surface area (Å²) in [4.78, 5) is 32.9. The lowest BCUT2D eigenvalue weighted by Crippen LogP contribution is -2.66. The Morgan fingerprint density at radius 3 is 1.33 bits per heavy atom. The Morgan fingerprint density at radius 2 is 1.04 bits per heavy atom. The summed E-state index contributed by atoms with van der Waals surface area (Å²) >= 11 is 0. The number of carbonyl (C=O) groups is 2. The molecule has 138 valence electrons. The first-order chi connectivity index (χ1) is 10.9. The van der Waals surface area contributed by atoms with Crippen molar-refractivity contribution >= 4 is 11.8 Å². The van der Waals surface area contributed by atoms with Crippen LogP contribution in [0.25, 0.3) is 0 Å². The lowest BCUT2D eigenvalue weighted by Gasteiger charge is -2.50. The number of piperazine rings is 2. The fraction of sp³-hybridized carbons (Fsp3) is 0.889. The van der Waals surface area contributed by atoms with Crippen LogP contribution in [-0.4, -0.2) is 95.9 Å². The van der Waals surface area contributed by atoms with Crippen molar-refractivity contribution in [3.05, 3.63) is 0 Å². The maximum Gasteiger partial charge on any atom is 0.242 e. The van der Waals surface area contributed by atoms with E-state index in [1.54, 1.807) is 0 Å². The molecule has 2 rings (SSSR count). The molecule has 6 nitrogen and oxygen atoms in total. The number of carbonyl (C=O) groups excluding carboxylic acids is 2. The maximum atomic E-state index is 12.4. The molecule has 2 atom stereocenters. The summed E-state index contributed by atoms with van der Waals surface area (Å²) < 4.78 is 0. The summed E-state index contributed by atoms with van der Waals surface area (Å²) in [6.07, 6.45) is 2.04. The second-order valence-electron chi connectivity index (χ2n) is 8.60. The summed E-state index contributed by atoms with van der Waals surface area (Å²) in [5.74, 6) is 0.366. The summed E-state index contributed by atoms with van der Waals surface area (Å²) in [5.41, 5.74) is -0.912. The Kier molecular flexibility index (Phi) is 5.04. The van der Waals surface area contributed by atoms with Crippen molar-refractivity contribution in [2.45, 2.75) is 63.7 Å². The second-order valence-corrected chi connectivity index (χ2v) is 8.60. The van der Waals surface area contributed by atoms with E-state index in [0.29, 0.717) is 12.1 Å². The van der Waals surface area contributed by atoms with E-state index in [-0.39, 0.29) is 11.8 Å². The number of amides is 2. The molecule has 2 aliphatic rings. The maximum absolute atomic E-state index is 12.4. The van der Waals surface area contributed by atoms with Crippen molar-refractivity contribution in [3.8, 4) is 0 Å². The van der Waals surface area contributed by atoms with Crippen molar-refractivity contribution in [2.75, 3.05) is 41.3 Å². The van der Waals surface area contributed by atoms with Crippen molar-refractivity contribution in [1.82, 2.24) is 19.6 Å². The van der Waals surface area contributed by atoms with Gasteiger partial charge in [-0.1, -0.05) is 0 Å². The number of nitrogens with zero attached hydrogens (tertiary/aromatic N) is 4. The highest BCUT2D eigenvalue weighted by atomic mass is 16.2. The Morgan fingerprint density at radius 1 is 0.750 bits per heavy atom. The average Bonchev–Trinajstić information content (AvgIpc) is 2.51. The van der Waals surface area contributed by atoms with E-state index in [1.807, 2.05) is 51.6 Å². The van der Waals surface area contributed by atoms with Crippen LogP contribution in [0, 0.1) is 0 Å². The first-order valence-corrected chi connectivity index (χ1v) is 8.87. The van der Waals surface area contributed by atoms with Gasteiger partial charge in [-0.2, -0.15) is 0 Å². The van der Waals surface area contributed by atoms with E-state index in [2.05, 4.69) is 23.9 Å². The van der Waals surface area contributed by atoms with Gasteiger partial charge < -0.3 is 9.80 Å². The lowest BCUT2D eigenvalue weighted by molar-refractivity contribution is -0.152. The molecule has 0 aromatic rings. The van der Waals surface area contributed by atoms with Crippen LogP contribution in [0.5, 0.6) is 0 Å². The van der Waals surface area contributed by atoms with E-state index >= 15 is 0 Å². The molecule has 0 spiro atoms. The van der Waals surface area contributed by atoms with Gasteiger partial charge in [0, 0.05) is 39.3 Å². The standard InChI is InChI=1S/C18H34N4O2/c1-17(2)15(23)19(5)11-13(21(17)7)9-10-14-12-20(6)16(24)18(3,4)22(14)8/h13-14H,9-12H2,1-8H3. The molecular weight excluding hydrogens is 304 g/mol. The third-order valence-electron chi connectivity index (χ3n) is 6.40. The van der Waals surface area contributed by atoms with Crippen molar-refractivity contribution in [2.24, 2.45) is 0 Å². The first kappa shape index (κ1) is 19.2. The van der Waals surface area contributed by atoms with E-state index in [9.17, 15) is 9.59 Å². The van der Waals surface area contributed by atoms with Gasteiger partial charge in [-0.3, -0.25) is 19.4 Å². The van der Waals surface area contributed by atoms with Gasteiger partial charge in [-0.25, -0.2) is 0 Å². The van der Waals surface area contributed by atoms with Crippen LogP contribution in [0.15, 0.2) is 0 Å². The van der Waals surface area contributed by atoms with Crippen molar-refractivity contribution < 1.29 is 9.59 Å². The molecule has 0 aromatic carbocycles. The van der Waals surface area contributed by atoms with Crippen molar-refractivity contribution in [1.29, 1.82) is 0 Å². The van der Waals surface area contributed by atoms with Crippen LogP contribution in [0.4, 0.5) is 0 Å². The molecule has 24 heavy (non-hydrogen) atoms. The third-order valence-corrected chi connectivity index (χ3v) is 6.40. The highest BCUT2D eigenvalue weighted by molar-refractivity contribution is 5.86. The minimum Gasteiger partial charge on any atom is -0.343 e. The van der Waals surface area contributed by atoms with Crippen LogP contribution in [-0.2, 0) is 9.59 Å². The Balaban J connectivity index is 2.05. The van der Waals surface area contributed by atoms with Gasteiger partial charge in [0.1, 0.15) is 0 Å². The van der Waals surface area contributed by atoms with Gasteiger partial charge in [-0.05, 0) is 54.6 Å². The van der Waals surface area contributed by atoms with Crippen LogP contribution < -0.4 is 0 Å². The van der Waals surface area contributed by atoms with E-state index in [1.165, 1.54) is 0 Å². The Labute approximate surface area is 146 Å². The molecule has 0 N–H and O–H groups in total. The summed E-state index contributed by atoms with van der Waals surface area (Å²) in [6, 6.07) is 0.698. The molecule has 2 fully saturated rings. The lowest BCUT2D eigenvalue weighted by atomic mass is 9.89.